The van der Waals surface area contributed by atoms with Crippen molar-refractivity contribution in [2.45, 2.75) is 18.7 Å². The topological polar surface area (TPSA) is 75.7 Å². The van der Waals surface area contributed by atoms with Crippen LogP contribution in [0.15, 0.2) is 71.6 Å². The molecule has 1 amide bonds. The van der Waals surface area contributed by atoms with E-state index in [1.807, 2.05) is 38.1 Å². The fourth-order valence-electron chi connectivity index (χ4n) is 3.09. The fraction of sp³-hybridized carbons (Fsp3) is 0.208. The van der Waals surface area contributed by atoms with E-state index >= 15 is 0 Å². The van der Waals surface area contributed by atoms with Crippen LogP contribution in [0.2, 0.25) is 10.0 Å². The van der Waals surface area contributed by atoms with E-state index in [0.717, 1.165) is 15.4 Å². The summed E-state index contributed by atoms with van der Waals surface area (Å²) in [5.41, 5.74) is 2.17. The number of carbonyl (C=O) groups excluding carboxylic acids is 1. The molecule has 33 heavy (non-hydrogen) atoms. The predicted octanol–water partition coefficient (Wildman–Crippen LogP) is 5.00. The quantitative estimate of drug-likeness (QED) is 0.414. The Labute approximate surface area is 204 Å². The van der Waals surface area contributed by atoms with Gasteiger partial charge in [0.2, 0.25) is 5.91 Å². The van der Waals surface area contributed by atoms with Crippen LogP contribution in [0, 0.1) is 13.8 Å². The summed E-state index contributed by atoms with van der Waals surface area (Å²) >= 11 is 12.2. The maximum Gasteiger partial charge on any atom is 0.264 e. The van der Waals surface area contributed by atoms with Gasteiger partial charge >= 0.3 is 0 Å². The average molecular weight is 507 g/mol. The third kappa shape index (κ3) is 6.87. The summed E-state index contributed by atoms with van der Waals surface area (Å²) in [6.45, 7) is 3.82. The Morgan fingerprint density at radius 2 is 1.61 bits per heavy atom. The molecule has 174 valence electrons. The number of hydrogen-bond acceptors (Lipinski definition) is 4. The van der Waals surface area contributed by atoms with Gasteiger partial charge in [-0.25, -0.2) is 8.42 Å². The summed E-state index contributed by atoms with van der Waals surface area (Å²) in [6, 6.07) is 18.3. The number of amides is 1. The van der Waals surface area contributed by atoms with Crippen LogP contribution in [0.25, 0.3) is 0 Å². The predicted molar refractivity (Wildman–Crippen MR) is 132 cm³/mol. The Balaban J connectivity index is 1.75. The van der Waals surface area contributed by atoms with E-state index < -0.39 is 22.5 Å². The molecule has 6 nitrogen and oxygen atoms in total. The van der Waals surface area contributed by atoms with Gasteiger partial charge in [-0.2, -0.15) is 0 Å². The molecule has 0 heterocycles. The van der Waals surface area contributed by atoms with E-state index in [-0.39, 0.29) is 33.8 Å². The lowest BCUT2D eigenvalue weighted by atomic mass is 10.2. The van der Waals surface area contributed by atoms with E-state index in [1.54, 1.807) is 12.1 Å². The molecule has 0 saturated heterocycles. The van der Waals surface area contributed by atoms with Crippen molar-refractivity contribution in [2.75, 3.05) is 24.0 Å². The number of sulfonamides is 1. The number of anilines is 1. The Morgan fingerprint density at radius 3 is 2.24 bits per heavy atom. The van der Waals surface area contributed by atoms with Gasteiger partial charge in [-0.15, -0.1) is 0 Å². The average Bonchev–Trinajstić information content (AvgIpc) is 2.74. The molecule has 0 saturated carbocycles. The number of carbonyl (C=O) groups is 1. The molecule has 1 N–H and O–H groups in total. The number of halogens is 2. The van der Waals surface area contributed by atoms with Crippen molar-refractivity contribution in [3.63, 3.8) is 0 Å². The van der Waals surface area contributed by atoms with E-state index in [0.29, 0.717) is 5.75 Å². The minimum absolute atomic E-state index is 0.0554. The first kappa shape index (κ1) is 24.9. The molecule has 0 radical (unpaired) electrons. The maximum atomic E-state index is 13.4. The number of nitrogens with one attached hydrogen (secondary N) is 1. The van der Waals surface area contributed by atoms with Gasteiger partial charge in [0.1, 0.15) is 18.9 Å². The summed E-state index contributed by atoms with van der Waals surface area (Å²) < 4.78 is 33.4. The van der Waals surface area contributed by atoms with Crippen molar-refractivity contribution in [1.29, 1.82) is 0 Å². The van der Waals surface area contributed by atoms with Gasteiger partial charge < -0.3 is 10.1 Å². The first-order valence-electron chi connectivity index (χ1n) is 10.2. The standard InChI is InChI=1S/C24H24Cl2N2O4S/c1-17-6-8-23(9-7-17)33(30,31)28(21-14-19(25)13-20(26)15-21)16-24(29)27-10-11-32-22-5-3-4-18(2)12-22/h3-9,12-15H,10-11,16H2,1-2H3,(H,27,29). The van der Waals surface area contributed by atoms with Crippen LogP contribution in [-0.4, -0.2) is 34.0 Å². The second-order valence-corrected chi connectivity index (χ2v) is 10.2. The molecule has 0 bridgehead atoms. The molecule has 0 aliphatic rings. The first-order chi connectivity index (χ1) is 15.6. The number of benzene rings is 3. The summed E-state index contributed by atoms with van der Waals surface area (Å²) in [5.74, 6) is 0.205. The highest BCUT2D eigenvalue weighted by Gasteiger charge is 2.27. The molecule has 0 fully saturated rings. The normalized spacial score (nSPS) is 11.2. The van der Waals surface area contributed by atoms with Crippen LogP contribution in [-0.2, 0) is 14.8 Å². The van der Waals surface area contributed by atoms with Crippen molar-refractivity contribution in [3.8, 4) is 5.75 Å². The molecule has 3 aromatic rings. The monoisotopic (exact) mass is 506 g/mol. The Kier molecular flexibility index (Phi) is 8.24. The lowest BCUT2D eigenvalue weighted by molar-refractivity contribution is -0.119. The number of ether oxygens (including phenoxy) is 1. The second kappa shape index (κ2) is 10.9. The summed E-state index contributed by atoms with van der Waals surface area (Å²) in [5, 5.41) is 3.21. The van der Waals surface area contributed by atoms with Crippen molar-refractivity contribution in [3.05, 3.63) is 87.9 Å². The molecule has 0 unspecified atom stereocenters. The summed E-state index contributed by atoms with van der Waals surface area (Å²) in [6.07, 6.45) is 0. The zero-order chi connectivity index (χ0) is 24.0. The van der Waals surface area contributed by atoms with Gasteiger partial charge in [0.05, 0.1) is 17.1 Å². The number of nitrogens with zero attached hydrogens (tertiary/aromatic N) is 1. The number of aryl methyl sites for hydroxylation is 2. The molecule has 9 heteroatoms. The molecule has 0 aliphatic heterocycles. The molecular weight excluding hydrogens is 483 g/mol. The largest absolute Gasteiger partial charge is 0.492 e. The summed E-state index contributed by atoms with van der Waals surface area (Å²) in [4.78, 5) is 12.7. The van der Waals surface area contributed by atoms with Crippen LogP contribution in [0.5, 0.6) is 5.75 Å². The minimum Gasteiger partial charge on any atom is -0.492 e. The van der Waals surface area contributed by atoms with Crippen LogP contribution in [0.3, 0.4) is 0 Å². The van der Waals surface area contributed by atoms with Crippen molar-refractivity contribution < 1.29 is 17.9 Å². The highest BCUT2D eigenvalue weighted by atomic mass is 35.5. The number of rotatable bonds is 9. The first-order valence-corrected chi connectivity index (χ1v) is 12.4. The van der Waals surface area contributed by atoms with Crippen LogP contribution in [0.1, 0.15) is 11.1 Å². The van der Waals surface area contributed by atoms with E-state index in [2.05, 4.69) is 5.32 Å². The van der Waals surface area contributed by atoms with Crippen molar-refractivity contribution in [1.82, 2.24) is 5.32 Å². The Hall–Kier alpha value is -2.74. The lowest BCUT2D eigenvalue weighted by Gasteiger charge is -2.24. The van der Waals surface area contributed by atoms with Crippen molar-refractivity contribution in [2.24, 2.45) is 0 Å². The molecular formula is C24H24Cl2N2O4S. The molecule has 0 atom stereocenters. The maximum absolute atomic E-state index is 13.4. The zero-order valence-corrected chi connectivity index (χ0v) is 20.5. The van der Waals surface area contributed by atoms with E-state index in [1.165, 1.54) is 30.3 Å². The molecule has 3 aromatic carbocycles. The Bertz CT molecular complexity index is 1210. The molecule has 0 aliphatic carbocycles. The third-order valence-corrected chi connectivity index (χ3v) is 6.94. The smallest absolute Gasteiger partial charge is 0.264 e. The van der Waals surface area contributed by atoms with Gasteiger partial charge in [-0.05, 0) is 61.9 Å². The van der Waals surface area contributed by atoms with Gasteiger partial charge in [-0.3, -0.25) is 9.10 Å². The highest BCUT2D eigenvalue weighted by molar-refractivity contribution is 7.92. The van der Waals surface area contributed by atoms with Gasteiger partial charge in [0, 0.05) is 10.0 Å². The van der Waals surface area contributed by atoms with Crippen LogP contribution >= 0.6 is 23.2 Å². The minimum atomic E-state index is -4.05. The molecule has 0 aromatic heterocycles. The summed E-state index contributed by atoms with van der Waals surface area (Å²) in [7, 11) is -4.05. The van der Waals surface area contributed by atoms with Crippen LogP contribution in [0.4, 0.5) is 5.69 Å². The number of hydrogen-bond donors (Lipinski definition) is 1. The SMILES string of the molecule is Cc1ccc(S(=O)(=O)N(CC(=O)NCCOc2cccc(C)c2)c2cc(Cl)cc(Cl)c2)cc1. The zero-order valence-electron chi connectivity index (χ0n) is 18.2. The van der Waals surface area contributed by atoms with Gasteiger partial charge in [0.25, 0.3) is 10.0 Å². The van der Waals surface area contributed by atoms with E-state index in [9.17, 15) is 13.2 Å². The highest BCUT2D eigenvalue weighted by Crippen LogP contribution is 2.29. The fourth-order valence-corrected chi connectivity index (χ4v) is 5.01. The van der Waals surface area contributed by atoms with Gasteiger partial charge in [-0.1, -0.05) is 53.0 Å². The molecule has 3 rings (SSSR count). The van der Waals surface area contributed by atoms with Crippen molar-refractivity contribution >= 4 is 44.8 Å². The molecule has 0 spiro atoms. The lowest BCUT2D eigenvalue weighted by Crippen LogP contribution is -2.42. The third-order valence-electron chi connectivity index (χ3n) is 4.71. The van der Waals surface area contributed by atoms with Gasteiger partial charge in [0.15, 0.2) is 0 Å². The van der Waals surface area contributed by atoms with Crippen LogP contribution < -0.4 is 14.4 Å². The second-order valence-electron chi connectivity index (χ2n) is 7.47. The Morgan fingerprint density at radius 1 is 0.939 bits per heavy atom. The van der Waals surface area contributed by atoms with E-state index in [4.69, 9.17) is 27.9 Å².